The number of aromatic nitrogens is 3. The molecule has 2 aromatic heterocycles. The van der Waals surface area contributed by atoms with E-state index in [1.807, 2.05) is 12.1 Å². The van der Waals surface area contributed by atoms with Crippen molar-refractivity contribution < 1.29 is 14.4 Å². The normalized spacial score (nSPS) is 12.1. The largest absolute Gasteiger partial charge is 0.439 e. The minimum Gasteiger partial charge on any atom is -0.439 e. The van der Waals surface area contributed by atoms with Gasteiger partial charge < -0.3 is 20.1 Å². The summed E-state index contributed by atoms with van der Waals surface area (Å²) in [5.41, 5.74) is 6.42. The van der Waals surface area contributed by atoms with Crippen LogP contribution in [0.3, 0.4) is 0 Å². The van der Waals surface area contributed by atoms with Gasteiger partial charge in [0.25, 0.3) is 0 Å². The molecule has 0 spiro atoms. The first-order valence-corrected chi connectivity index (χ1v) is 7.60. The van der Waals surface area contributed by atoms with Crippen LogP contribution in [0, 0.1) is 0 Å². The van der Waals surface area contributed by atoms with Crippen LogP contribution in [0.1, 0.15) is 5.89 Å². The monoisotopic (exact) mass is 346 g/mol. The van der Waals surface area contributed by atoms with E-state index in [0.29, 0.717) is 34.8 Å². The molecule has 1 atom stereocenters. The number of benzene rings is 1. The summed E-state index contributed by atoms with van der Waals surface area (Å²) in [7, 11) is 0. The van der Waals surface area contributed by atoms with Gasteiger partial charge in [0.05, 0.1) is 11.6 Å². The van der Waals surface area contributed by atoms with Crippen LogP contribution in [0.15, 0.2) is 47.1 Å². The van der Waals surface area contributed by atoms with Crippen LogP contribution < -0.4 is 10.5 Å². The highest BCUT2D eigenvalue weighted by molar-refractivity contribution is 6.30. The van der Waals surface area contributed by atoms with Crippen LogP contribution >= 0.6 is 11.6 Å². The molecule has 8 heteroatoms. The number of nitrogens with two attached hydrogens (primary N) is 1. The van der Waals surface area contributed by atoms with Gasteiger partial charge in [0.1, 0.15) is 5.75 Å². The SMILES string of the molecule is N[C@H](CO)Cc1nc(-c2ccc(Oc3ccc(Cl)cn3)cc2)no1. The van der Waals surface area contributed by atoms with Gasteiger partial charge in [-0.15, -0.1) is 0 Å². The Kier molecular flexibility index (Phi) is 5.05. The van der Waals surface area contributed by atoms with Gasteiger partial charge in [0.15, 0.2) is 0 Å². The topological polar surface area (TPSA) is 107 Å². The Morgan fingerprint density at radius 1 is 1.21 bits per heavy atom. The maximum absolute atomic E-state index is 8.95. The summed E-state index contributed by atoms with van der Waals surface area (Å²) in [4.78, 5) is 8.32. The predicted molar refractivity (Wildman–Crippen MR) is 87.8 cm³/mol. The summed E-state index contributed by atoms with van der Waals surface area (Å²) < 4.78 is 10.7. The molecular formula is C16H15ClN4O3. The lowest BCUT2D eigenvalue weighted by Gasteiger charge is -2.04. The van der Waals surface area contributed by atoms with Gasteiger partial charge in [-0.2, -0.15) is 4.98 Å². The second kappa shape index (κ2) is 7.39. The summed E-state index contributed by atoms with van der Waals surface area (Å²) in [5.74, 6) is 1.91. The highest BCUT2D eigenvalue weighted by atomic mass is 35.5. The standard InChI is InChI=1S/C16H15ClN4O3/c17-11-3-6-14(19-8-11)23-13-4-1-10(2-5-13)16-20-15(24-21-16)7-12(18)9-22/h1-6,8,12,22H,7,9,18H2/t12-/m0/s1. The molecule has 0 fully saturated rings. The predicted octanol–water partition coefficient (Wildman–Crippen LogP) is 2.44. The maximum Gasteiger partial charge on any atom is 0.228 e. The summed E-state index contributed by atoms with van der Waals surface area (Å²) in [6, 6.07) is 10.2. The van der Waals surface area contributed by atoms with E-state index in [-0.39, 0.29) is 6.61 Å². The van der Waals surface area contributed by atoms with Crippen molar-refractivity contribution in [3.8, 4) is 23.0 Å². The summed E-state index contributed by atoms with van der Waals surface area (Å²) in [6.07, 6.45) is 1.84. The van der Waals surface area contributed by atoms with Crippen LogP contribution in [-0.4, -0.2) is 32.9 Å². The number of aliphatic hydroxyl groups is 1. The van der Waals surface area contributed by atoms with Crippen LogP contribution in [0.5, 0.6) is 11.6 Å². The van der Waals surface area contributed by atoms with Crippen molar-refractivity contribution in [2.75, 3.05) is 6.61 Å². The third-order valence-corrected chi connectivity index (χ3v) is 3.40. The number of nitrogens with zero attached hydrogens (tertiary/aromatic N) is 3. The molecule has 0 bridgehead atoms. The summed E-state index contributed by atoms with van der Waals surface area (Å²) in [6.45, 7) is -0.136. The Morgan fingerprint density at radius 2 is 2.00 bits per heavy atom. The molecule has 0 saturated heterocycles. The molecule has 0 saturated carbocycles. The minimum absolute atomic E-state index is 0.136. The molecule has 7 nitrogen and oxygen atoms in total. The molecular weight excluding hydrogens is 332 g/mol. The second-order valence-corrected chi connectivity index (χ2v) is 5.54. The van der Waals surface area contributed by atoms with Crippen molar-refractivity contribution in [3.63, 3.8) is 0 Å². The highest BCUT2D eigenvalue weighted by Crippen LogP contribution is 2.24. The molecule has 3 N–H and O–H groups in total. The molecule has 2 heterocycles. The zero-order valence-electron chi connectivity index (χ0n) is 12.6. The van der Waals surface area contributed by atoms with Crippen LogP contribution in [-0.2, 0) is 6.42 Å². The van der Waals surface area contributed by atoms with Gasteiger partial charge in [0, 0.05) is 30.3 Å². The summed E-state index contributed by atoms with van der Waals surface area (Å²) in [5, 5.41) is 13.4. The zero-order valence-corrected chi connectivity index (χ0v) is 13.3. The van der Waals surface area contributed by atoms with Crippen molar-refractivity contribution in [1.29, 1.82) is 0 Å². The van der Waals surface area contributed by atoms with Crippen molar-refractivity contribution >= 4 is 11.6 Å². The van der Waals surface area contributed by atoms with Gasteiger partial charge in [-0.3, -0.25) is 0 Å². The fourth-order valence-corrected chi connectivity index (χ4v) is 2.07. The lowest BCUT2D eigenvalue weighted by Crippen LogP contribution is -2.26. The maximum atomic E-state index is 8.95. The smallest absolute Gasteiger partial charge is 0.228 e. The fourth-order valence-electron chi connectivity index (χ4n) is 1.96. The number of rotatable bonds is 6. The Balaban J connectivity index is 1.69. The van der Waals surface area contributed by atoms with Crippen LogP contribution in [0.25, 0.3) is 11.4 Å². The first kappa shape index (κ1) is 16.4. The number of pyridine rings is 1. The average Bonchev–Trinajstić information content (AvgIpc) is 3.06. The third-order valence-electron chi connectivity index (χ3n) is 3.17. The number of aliphatic hydroxyl groups excluding tert-OH is 1. The van der Waals surface area contributed by atoms with E-state index in [0.717, 1.165) is 5.56 Å². The molecule has 3 aromatic rings. The van der Waals surface area contributed by atoms with Gasteiger partial charge in [-0.1, -0.05) is 16.8 Å². The lowest BCUT2D eigenvalue weighted by molar-refractivity contribution is 0.254. The van der Waals surface area contributed by atoms with Gasteiger partial charge in [0.2, 0.25) is 17.6 Å². The minimum atomic E-state index is -0.416. The van der Waals surface area contributed by atoms with Gasteiger partial charge >= 0.3 is 0 Å². The van der Waals surface area contributed by atoms with E-state index in [2.05, 4.69) is 15.1 Å². The quantitative estimate of drug-likeness (QED) is 0.705. The van der Waals surface area contributed by atoms with E-state index >= 15 is 0 Å². The van der Waals surface area contributed by atoms with Gasteiger partial charge in [-0.25, -0.2) is 4.98 Å². The van der Waals surface area contributed by atoms with Crippen LogP contribution in [0.2, 0.25) is 5.02 Å². The van der Waals surface area contributed by atoms with E-state index < -0.39 is 6.04 Å². The second-order valence-electron chi connectivity index (χ2n) is 5.10. The van der Waals surface area contributed by atoms with Crippen molar-refractivity contribution in [2.24, 2.45) is 5.73 Å². The van der Waals surface area contributed by atoms with Crippen molar-refractivity contribution in [1.82, 2.24) is 15.1 Å². The Morgan fingerprint density at radius 3 is 2.67 bits per heavy atom. The van der Waals surface area contributed by atoms with Crippen LogP contribution in [0.4, 0.5) is 0 Å². The number of hydrogen-bond acceptors (Lipinski definition) is 7. The van der Waals surface area contributed by atoms with Gasteiger partial charge in [-0.05, 0) is 30.3 Å². The number of hydrogen-bond donors (Lipinski definition) is 2. The molecule has 0 radical (unpaired) electrons. The molecule has 24 heavy (non-hydrogen) atoms. The average molecular weight is 347 g/mol. The van der Waals surface area contributed by atoms with Crippen molar-refractivity contribution in [3.05, 3.63) is 53.5 Å². The molecule has 0 amide bonds. The van der Waals surface area contributed by atoms with E-state index in [1.165, 1.54) is 6.20 Å². The summed E-state index contributed by atoms with van der Waals surface area (Å²) >= 11 is 5.78. The first-order valence-electron chi connectivity index (χ1n) is 7.23. The molecule has 0 aliphatic heterocycles. The Bertz CT molecular complexity index is 790. The third kappa shape index (κ3) is 4.08. The molecule has 124 valence electrons. The van der Waals surface area contributed by atoms with E-state index in [4.69, 9.17) is 31.7 Å². The molecule has 0 aliphatic rings. The molecule has 3 rings (SSSR count). The molecule has 0 aliphatic carbocycles. The highest BCUT2D eigenvalue weighted by Gasteiger charge is 2.12. The first-order chi connectivity index (χ1) is 11.6. The fraction of sp³-hybridized carbons (Fsp3) is 0.188. The Labute approximate surface area is 143 Å². The van der Waals surface area contributed by atoms with E-state index in [9.17, 15) is 0 Å². The van der Waals surface area contributed by atoms with E-state index in [1.54, 1.807) is 24.3 Å². The molecule has 1 aromatic carbocycles. The number of ether oxygens (including phenoxy) is 1. The number of halogens is 1. The Hall–Kier alpha value is -2.48. The zero-order chi connectivity index (χ0) is 16.9. The molecule has 0 unspecified atom stereocenters. The van der Waals surface area contributed by atoms with Crippen molar-refractivity contribution in [2.45, 2.75) is 12.5 Å². The lowest BCUT2D eigenvalue weighted by atomic mass is 10.2.